The van der Waals surface area contributed by atoms with Crippen LogP contribution in [0.3, 0.4) is 0 Å². The van der Waals surface area contributed by atoms with Gasteiger partial charge in [0, 0.05) is 25.6 Å². The summed E-state index contributed by atoms with van der Waals surface area (Å²) in [4.78, 5) is 13.9. The van der Waals surface area contributed by atoms with Gasteiger partial charge in [0.15, 0.2) is 0 Å². The van der Waals surface area contributed by atoms with Gasteiger partial charge in [-0.25, -0.2) is 0 Å². The fraction of sp³-hybridized carbons (Fsp3) is 0.929. The van der Waals surface area contributed by atoms with E-state index in [-0.39, 0.29) is 11.8 Å². The Bertz CT molecular complexity index is 257. The molecule has 0 aromatic carbocycles. The molecule has 0 bridgehead atoms. The smallest absolute Gasteiger partial charge is 0.223 e. The number of rotatable bonds is 5. The maximum atomic E-state index is 11.6. The Hall–Kier alpha value is -0.610. The highest BCUT2D eigenvalue weighted by Gasteiger charge is 2.27. The average Bonchev–Trinajstić information content (AvgIpc) is 2.62. The van der Waals surface area contributed by atoms with Gasteiger partial charge in [-0.3, -0.25) is 4.79 Å². The Balaban J connectivity index is 2.56. The Morgan fingerprint density at radius 3 is 2.67 bits per heavy atom. The van der Waals surface area contributed by atoms with Crippen molar-refractivity contribution in [2.45, 2.75) is 45.1 Å². The van der Waals surface area contributed by atoms with Crippen LogP contribution in [0.15, 0.2) is 0 Å². The molecule has 4 heteroatoms. The van der Waals surface area contributed by atoms with Gasteiger partial charge in [-0.2, -0.15) is 0 Å². The molecule has 106 valence electrons. The second-order valence-electron chi connectivity index (χ2n) is 5.66. The summed E-state index contributed by atoms with van der Waals surface area (Å²) < 4.78 is 0. The first-order valence-electron chi connectivity index (χ1n) is 7.22. The van der Waals surface area contributed by atoms with Gasteiger partial charge in [0.1, 0.15) is 0 Å². The zero-order valence-corrected chi connectivity index (χ0v) is 12.1. The van der Waals surface area contributed by atoms with Gasteiger partial charge in [-0.05, 0) is 32.4 Å². The maximum absolute atomic E-state index is 11.6. The fourth-order valence-electron chi connectivity index (χ4n) is 3.12. The predicted molar refractivity (Wildman–Crippen MR) is 75.3 cm³/mol. The predicted octanol–water partition coefficient (Wildman–Crippen LogP) is 1.21. The van der Waals surface area contributed by atoms with E-state index in [1.165, 1.54) is 32.1 Å². The summed E-state index contributed by atoms with van der Waals surface area (Å²) in [6, 6.07) is 0.546. The lowest BCUT2D eigenvalue weighted by molar-refractivity contribution is -0.124. The molecule has 1 aliphatic carbocycles. The number of nitrogens with zero attached hydrogens (tertiary/aromatic N) is 1. The highest BCUT2D eigenvalue weighted by Crippen LogP contribution is 2.26. The SMILES string of the molecule is CNC(=O)C(C)CN(C)C1CCCCCC1CN. The molecule has 0 aromatic rings. The van der Waals surface area contributed by atoms with E-state index in [2.05, 4.69) is 17.3 Å². The number of nitrogens with two attached hydrogens (primary N) is 1. The lowest BCUT2D eigenvalue weighted by Crippen LogP contribution is -2.44. The monoisotopic (exact) mass is 255 g/mol. The molecule has 3 atom stereocenters. The van der Waals surface area contributed by atoms with Crippen molar-refractivity contribution in [1.29, 1.82) is 0 Å². The van der Waals surface area contributed by atoms with Crippen molar-refractivity contribution in [3.8, 4) is 0 Å². The zero-order valence-electron chi connectivity index (χ0n) is 12.1. The third-order valence-electron chi connectivity index (χ3n) is 4.24. The van der Waals surface area contributed by atoms with E-state index in [0.717, 1.165) is 13.1 Å². The lowest BCUT2D eigenvalue weighted by Gasteiger charge is -2.34. The van der Waals surface area contributed by atoms with E-state index in [1.54, 1.807) is 7.05 Å². The first-order chi connectivity index (χ1) is 8.60. The van der Waals surface area contributed by atoms with E-state index in [1.807, 2.05) is 6.92 Å². The summed E-state index contributed by atoms with van der Waals surface area (Å²) >= 11 is 0. The molecule has 1 rings (SSSR count). The highest BCUT2D eigenvalue weighted by atomic mass is 16.1. The van der Waals surface area contributed by atoms with E-state index < -0.39 is 0 Å². The van der Waals surface area contributed by atoms with Gasteiger partial charge in [0.05, 0.1) is 0 Å². The molecule has 18 heavy (non-hydrogen) atoms. The second kappa shape index (κ2) is 7.74. The molecule has 1 amide bonds. The molecule has 3 unspecified atom stereocenters. The largest absolute Gasteiger partial charge is 0.359 e. The van der Waals surface area contributed by atoms with Crippen LogP contribution in [0.4, 0.5) is 0 Å². The molecule has 0 aliphatic heterocycles. The lowest BCUT2D eigenvalue weighted by atomic mass is 9.93. The van der Waals surface area contributed by atoms with E-state index in [4.69, 9.17) is 5.73 Å². The summed E-state index contributed by atoms with van der Waals surface area (Å²) in [5, 5.41) is 2.72. The molecule has 0 spiro atoms. The van der Waals surface area contributed by atoms with Crippen LogP contribution in [0.25, 0.3) is 0 Å². The van der Waals surface area contributed by atoms with Crippen LogP contribution >= 0.6 is 0 Å². The van der Waals surface area contributed by atoms with Crippen LogP contribution in [-0.4, -0.2) is 44.0 Å². The topological polar surface area (TPSA) is 58.4 Å². The number of hydrogen-bond acceptors (Lipinski definition) is 3. The van der Waals surface area contributed by atoms with Gasteiger partial charge in [-0.15, -0.1) is 0 Å². The molecular formula is C14H29N3O. The number of nitrogens with one attached hydrogen (secondary N) is 1. The maximum Gasteiger partial charge on any atom is 0.223 e. The van der Waals surface area contributed by atoms with Crippen molar-refractivity contribution >= 4 is 5.91 Å². The number of carbonyl (C=O) groups is 1. The summed E-state index contributed by atoms with van der Waals surface area (Å²) in [6.07, 6.45) is 6.38. The molecule has 1 saturated carbocycles. The first kappa shape index (κ1) is 15.4. The van der Waals surface area contributed by atoms with Crippen LogP contribution in [0.5, 0.6) is 0 Å². The standard InChI is InChI=1S/C14H29N3O/c1-11(14(18)16-2)10-17(3)13-8-6-4-5-7-12(13)9-15/h11-13H,4-10,15H2,1-3H3,(H,16,18). The summed E-state index contributed by atoms with van der Waals surface area (Å²) in [6.45, 7) is 3.58. The van der Waals surface area contributed by atoms with Gasteiger partial charge < -0.3 is 16.0 Å². The third-order valence-corrected chi connectivity index (χ3v) is 4.24. The Morgan fingerprint density at radius 2 is 2.06 bits per heavy atom. The van der Waals surface area contributed by atoms with Gasteiger partial charge in [-0.1, -0.05) is 26.2 Å². The minimum Gasteiger partial charge on any atom is -0.359 e. The number of amides is 1. The summed E-state index contributed by atoms with van der Waals surface area (Å²) in [5.41, 5.74) is 5.91. The van der Waals surface area contributed by atoms with E-state index >= 15 is 0 Å². The second-order valence-corrected chi connectivity index (χ2v) is 5.66. The Morgan fingerprint density at radius 1 is 1.39 bits per heavy atom. The summed E-state index contributed by atoms with van der Waals surface area (Å²) in [5.74, 6) is 0.760. The minimum absolute atomic E-state index is 0.0432. The van der Waals surface area contributed by atoms with E-state index in [0.29, 0.717) is 12.0 Å². The molecule has 1 fully saturated rings. The normalized spacial score (nSPS) is 26.7. The van der Waals surface area contributed by atoms with Crippen molar-refractivity contribution in [3.05, 3.63) is 0 Å². The van der Waals surface area contributed by atoms with Crippen molar-refractivity contribution in [1.82, 2.24) is 10.2 Å². The number of hydrogen-bond donors (Lipinski definition) is 2. The van der Waals surface area contributed by atoms with E-state index in [9.17, 15) is 4.79 Å². The third kappa shape index (κ3) is 4.25. The van der Waals surface area contributed by atoms with Crippen LogP contribution in [0.2, 0.25) is 0 Å². The molecule has 1 aliphatic rings. The Kier molecular flexibility index (Phi) is 6.65. The van der Waals surface area contributed by atoms with Gasteiger partial charge in [0.25, 0.3) is 0 Å². The quantitative estimate of drug-likeness (QED) is 0.726. The minimum atomic E-state index is 0.0432. The zero-order chi connectivity index (χ0) is 13.5. The molecule has 0 aromatic heterocycles. The molecule has 3 N–H and O–H groups in total. The van der Waals surface area contributed by atoms with Crippen molar-refractivity contribution in [3.63, 3.8) is 0 Å². The van der Waals surface area contributed by atoms with Crippen LogP contribution in [0, 0.1) is 11.8 Å². The van der Waals surface area contributed by atoms with Gasteiger partial charge >= 0.3 is 0 Å². The highest BCUT2D eigenvalue weighted by molar-refractivity contribution is 5.78. The number of carbonyl (C=O) groups excluding carboxylic acids is 1. The van der Waals surface area contributed by atoms with Gasteiger partial charge in [0.2, 0.25) is 5.91 Å². The van der Waals surface area contributed by atoms with Crippen molar-refractivity contribution in [2.24, 2.45) is 17.6 Å². The summed E-state index contributed by atoms with van der Waals surface area (Å²) in [7, 11) is 3.84. The molecule has 0 saturated heterocycles. The van der Waals surface area contributed by atoms with Crippen molar-refractivity contribution in [2.75, 3.05) is 27.2 Å². The molecule has 0 radical (unpaired) electrons. The Labute approximate surface area is 111 Å². The first-order valence-corrected chi connectivity index (χ1v) is 7.22. The fourth-order valence-corrected chi connectivity index (χ4v) is 3.12. The molecule has 0 heterocycles. The molecular weight excluding hydrogens is 226 g/mol. The van der Waals surface area contributed by atoms with Crippen molar-refractivity contribution < 1.29 is 4.79 Å². The van der Waals surface area contributed by atoms with Crippen LogP contribution < -0.4 is 11.1 Å². The van der Waals surface area contributed by atoms with Crippen LogP contribution in [0.1, 0.15) is 39.0 Å². The van der Waals surface area contributed by atoms with Crippen LogP contribution in [-0.2, 0) is 4.79 Å². The average molecular weight is 255 g/mol. The molecule has 4 nitrogen and oxygen atoms in total.